The van der Waals surface area contributed by atoms with Gasteiger partial charge in [-0.15, -0.1) is 0 Å². The first-order chi connectivity index (χ1) is 8.03. The summed E-state index contributed by atoms with van der Waals surface area (Å²) in [5.41, 5.74) is 0. The predicted molar refractivity (Wildman–Crippen MR) is 50.7 cm³/mol. The maximum absolute atomic E-state index is 12.3. The van der Waals surface area contributed by atoms with E-state index in [2.05, 4.69) is 0 Å². The van der Waals surface area contributed by atoms with Crippen molar-refractivity contribution in [2.45, 2.75) is 30.9 Å². The highest BCUT2D eigenvalue weighted by Crippen LogP contribution is 2.24. The van der Waals surface area contributed by atoms with Crippen LogP contribution in [0.5, 0.6) is 0 Å². The molecule has 17 heavy (non-hydrogen) atoms. The van der Waals surface area contributed by atoms with Crippen LogP contribution in [0.25, 0.3) is 0 Å². The van der Waals surface area contributed by atoms with Gasteiger partial charge in [-0.05, 0) is 0 Å². The average Bonchev–Trinajstić information content (AvgIpc) is 3.07. The summed E-state index contributed by atoms with van der Waals surface area (Å²) < 4.78 is 56.8. The van der Waals surface area contributed by atoms with Crippen LogP contribution in [-0.2, 0) is 18.9 Å². The van der Waals surface area contributed by atoms with E-state index in [0.29, 0.717) is 19.8 Å². The van der Waals surface area contributed by atoms with Crippen LogP contribution in [0.1, 0.15) is 6.42 Å². The highest BCUT2D eigenvalue weighted by atomic mass is 19.4. The van der Waals surface area contributed by atoms with E-state index < -0.39 is 18.7 Å². The predicted octanol–water partition coefficient (Wildman–Crippen LogP) is 1.14. The lowest BCUT2D eigenvalue weighted by molar-refractivity contribution is -0.169. The monoisotopic (exact) mass is 256 g/mol. The molecule has 0 aromatic carbocycles. The molecule has 0 spiro atoms. The van der Waals surface area contributed by atoms with Gasteiger partial charge in [0.25, 0.3) is 0 Å². The Morgan fingerprint density at radius 2 is 1.71 bits per heavy atom. The van der Waals surface area contributed by atoms with E-state index >= 15 is 0 Å². The van der Waals surface area contributed by atoms with Gasteiger partial charge in [0.05, 0.1) is 45.6 Å². The fourth-order valence-corrected chi connectivity index (χ4v) is 1.33. The van der Waals surface area contributed by atoms with E-state index in [9.17, 15) is 13.2 Å². The molecular weight excluding hydrogens is 241 g/mol. The topological polar surface area (TPSA) is 43.5 Å². The summed E-state index contributed by atoms with van der Waals surface area (Å²) in [6.07, 6.45) is -6.19. The highest BCUT2D eigenvalue weighted by molar-refractivity contribution is 4.72. The lowest BCUT2D eigenvalue weighted by Gasteiger charge is -2.18. The standard InChI is InChI=1S/C10H15F3O4/c11-10(12,13)1-7(15-5-9-6-17-9)2-14-3-8-4-16-8/h7-9H,1-6H2. The third-order valence-corrected chi connectivity index (χ3v) is 2.39. The van der Waals surface area contributed by atoms with Crippen molar-refractivity contribution >= 4 is 0 Å². The molecule has 0 amide bonds. The van der Waals surface area contributed by atoms with Crippen LogP contribution in [0, 0.1) is 0 Å². The molecule has 0 N–H and O–H groups in total. The van der Waals surface area contributed by atoms with E-state index in [1.165, 1.54) is 0 Å². The molecule has 4 nitrogen and oxygen atoms in total. The van der Waals surface area contributed by atoms with Crippen LogP contribution in [0.4, 0.5) is 13.2 Å². The Bertz CT molecular complexity index is 238. The fourth-order valence-electron chi connectivity index (χ4n) is 1.33. The first-order valence-electron chi connectivity index (χ1n) is 5.52. The third kappa shape index (κ3) is 6.21. The van der Waals surface area contributed by atoms with E-state index in [1.54, 1.807) is 0 Å². The van der Waals surface area contributed by atoms with Gasteiger partial charge < -0.3 is 18.9 Å². The van der Waals surface area contributed by atoms with Gasteiger partial charge in [0.2, 0.25) is 0 Å². The number of ether oxygens (including phenoxy) is 4. The molecule has 3 unspecified atom stereocenters. The minimum atomic E-state index is -4.24. The molecule has 2 fully saturated rings. The van der Waals surface area contributed by atoms with Crippen LogP contribution in [-0.4, -0.2) is 57.5 Å². The van der Waals surface area contributed by atoms with E-state index in [1.807, 2.05) is 0 Å². The van der Waals surface area contributed by atoms with Gasteiger partial charge in [-0.3, -0.25) is 0 Å². The number of hydrogen-bond donors (Lipinski definition) is 0. The van der Waals surface area contributed by atoms with Crippen molar-refractivity contribution in [3.8, 4) is 0 Å². The van der Waals surface area contributed by atoms with Crippen LogP contribution < -0.4 is 0 Å². The Hall–Kier alpha value is -0.370. The maximum atomic E-state index is 12.3. The molecule has 0 aliphatic carbocycles. The number of epoxide rings is 2. The number of alkyl halides is 3. The molecule has 0 saturated carbocycles. The maximum Gasteiger partial charge on any atom is 0.391 e. The second-order valence-electron chi connectivity index (χ2n) is 4.22. The molecule has 2 aliphatic heterocycles. The fraction of sp³-hybridized carbons (Fsp3) is 1.00. The minimum Gasteiger partial charge on any atom is -0.376 e. The number of halogens is 3. The first kappa shape index (κ1) is 13.1. The summed E-state index contributed by atoms with van der Waals surface area (Å²) in [5, 5.41) is 0. The van der Waals surface area contributed by atoms with Crippen LogP contribution in [0.2, 0.25) is 0 Å². The molecule has 2 saturated heterocycles. The van der Waals surface area contributed by atoms with Crippen LogP contribution in [0.15, 0.2) is 0 Å². The molecule has 7 heteroatoms. The van der Waals surface area contributed by atoms with Crippen molar-refractivity contribution in [2.75, 3.05) is 33.0 Å². The zero-order valence-electron chi connectivity index (χ0n) is 9.24. The third-order valence-electron chi connectivity index (χ3n) is 2.39. The summed E-state index contributed by atoms with van der Waals surface area (Å²) >= 11 is 0. The second kappa shape index (κ2) is 5.51. The Morgan fingerprint density at radius 3 is 2.24 bits per heavy atom. The lowest BCUT2D eigenvalue weighted by Crippen LogP contribution is -2.29. The van der Waals surface area contributed by atoms with Crippen molar-refractivity contribution in [1.82, 2.24) is 0 Å². The second-order valence-corrected chi connectivity index (χ2v) is 4.22. The molecule has 3 atom stereocenters. The normalized spacial score (nSPS) is 29.1. The zero-order chi connectivity index (χ0) is 12.3. The quantitative estimate of drug-likeness (QED) is 0.611. The molecule has 2 rings (SSSR count). The molecule has 0 bridgehead atoms. The highest BCUT2D eigenvalue weighted by Gasteiger charge is 2.34. The summed E-state index contributed by atoms with van der Waals surface area (Å²) in [4.78, 5) is 0. The molecule has 0 aromatic heterocycles. The van der Waals surface area contributed by atoms with Gasteiger partial charge in [-0.1, -0.05) is 0 Å². The Morgan fingerprint density at radius 1 is 1.12 bits per heavy atom. The van der Waals surface area contributed by atoms with Crippen molar-refractivity contribution in [3.63, 3.8) is 0 Å². The summed E-state index contributed by atoms with van der Waals surface area (Å²) in [6, 6.07) is 0. The van der Waals surface area contributed by atoms with Gasteiger partial charge in [-0.25, -0.2) is 0 Å². The number of rotatable bonds is 8. The van der Waals surface area contributed by atoms with E-state index in [0.717, 1.165) is 0 Å². The van der Waals surface area contributed by atoms with Gasteiger partial charge >= 0.3 is 6.18 Å². The molecule has 2 aliphatic rings. The van der Waals surface area contributed by atoms with Crippen molar-refractivity contribution in [1.29, 1.82) is 0 Å². The molecule has 100 valence electrons. The molecule has 2 heterocycles. The summed E-state index contributed by atoms with van der Waals surface area (Å²) in [7, 11) is 0. The van der Waals surface area contributed by atoms with Crippen LogP contribution >= 0.6 is 0 Å². The largest absolute Gasteiger partial charge is 0.391 e. The first-order valence-corrected chi connectivity index (χ1v) is 5.52. The number of hydrogen-bond acceptors (Lipinski definition) is 4. The molecular formula is C10H15F3O4. The molecule has 0 radical (unpaired) electrons. The van der Waals surface area contributed by atoms with E-state index in [4.69, 9.17) is 18.9 Å². The van der Waals surface area contributed by atoms with Crippen LogP contribution in [0.3, 0.4) is 0 Å². The lowest BCUT2D eigenvalue weighted by atomic mass is 10.2. The van der Waals surface area contributed by atoms with Gasteiger partial charge in [-0.2, -0.15) is 13.2 Å². The Labute approximate surface area is 97.0 Å². The summed E-state index contributed by atoms with van der Waals surface area (Å²) in [6.45, 7) is 1.66. The van der Waals surface area contributed by atoms with Gasteiger partial charge in [0.1, 0.15) is 12.2 Å². The smallest absolute Gasteiger partial charge is 0.376 e. The average molecular weight is 256 g/mol. The SMILES string of the molecule is FC(F)(F)CC(COCC1CO1)OCC1CO1. The van der Waals surface area contributed by atoms with Crippen molar-refractivity contribution in [3.05, 3.63) is 0 Å². The minimum absolute atomic E-state index is 0.0440. The van der Waals surface area contributed by atoms with Crippen molar-refractivity contribution < 1.29 is 32.1 Å². The Kier molecular flexibility index (Phi) is 4.24. The van der Waals surface area contributed by atoms with Gasteiger partial charge in [0, 0.05) is 0 Å². The molecule has 0 aromatic rings. The van der Waals surface area contributed by atoms with Crippen molar-refractivity contribution in [2.24, 2.45) is 0 Å². The van der Waals surface area contributed by atoms with Gasteiger partial charge in [0.15, 0.2) is 0 Å². The summed E-state index contributed by atoms with van der Waals surface area (Å²) in [5.74, 6) is 0. The van der Waals surface area contributed by atoms with E-state index in [-0.39, 0.29) is 25.4 Å². The zero-order valence-corrected chi connectivity index (χ0v) is 9.24. The Balaban J connectivity index is 1.64.